The number of para-hydroxylation sites is 2. The third kappa shape index (κ3) is 3.94. The van der Waals surface area contributed by atoms with Crippen molar-refractivity contribution in [3.05, 3.63) is 53.9 Å². The molecule has 2 amide bonds. The molecule has 0 unspecified atom stereocenters. The highest BCUT2D eigenvalue weighted by Crippen LogP contribution is 2.31. The van der Waals surface area contributed by atoms with Gasteiger partial charge < -0.3 is 24.7 Å². The van der Waals surface area contributed by atoms with Gasteiger partial charge >= 0.3 is 0 Å². The lowest BCUT2D eigenvalue weighted by Gasteiger charge is -2.23. The lowest BCUT2D eigenvalue weighted by molar-refractivity contribution is -0.131. The molecule has 1 aliphatic rings. The summed E-state index contributed by atoms with van der Waals surface area (Å²) >= 11 is 0. The minimum absolute atomic E-state index is 0.0882. The molecule has 8 heteroatoms. The molecular formula is C22H24N4O4. The molecule has 0 aliphatic carbocycles. The van der Waals surface area contributed by atoms with Crippen molar-refractivity contribution >= 4 is 22.8 Å². The summed E-state index contributed by atoms with van der Waals surface area (Å²) in [5.41, 5.74) is 2.20. The Morgan fingerprint density at radius 3 is 2.60 bits per heavy atom. The second-order valence-electron chi connectivity index (χ2n) is 7.17. The topological polar surface area (TPSA) is 96.5 Å². The number of amides is 2. The van der Waals surface area contributed by atoms with Gasteiger partial charge in [0.1, 0.15) is 17.3 Å². The molecular weight excluding hydrogens is 384 g/mol. The molecule has 1 fully saturated rings. The lowest BCUT2D eigenvalue weighted by atomic mass is 10.2. The van der Waals surface area contributed by atoms with Gasteiger partial charge in [-0.15, -0.1) is 0 Å². The maximum atomic E-state index is 12.8. The van der Waals surface area contributed by atoms with E-state index in [4.69, 9.17) is 9.47 Å². The van der Waals surface area contributed by atoms with E-state index in [1.54, 1.807) is 23.1 Å². The van der Waals surface area contributed by atoms with E-state index in [1.165, 1.54) is 14.2 Å². The Bertz CT molecular complexity index is 1020. The fourth-order valence-corrected chi connectivity index (χ4v) is 3.78. The van der Waals surface area contributed by atoms with Gasteiger partial charge in [-0.3, -0.25) is 9.59 Å². The number of nitrogens with one attached hydrogen (secondary N) is 2. The molecule has 2 N–H and O–H groups in total. The Morgan fingerprint density at radius 1 is 1.17 bits per heavy atom. The fraction of sp³-hybridized carbons (Fsp3) is 0.318. The third-order valence-corrected chi connectivity index (χ3v) is 5.31. The van der Waals surface area contributed by atoms with Crippen LogP contribution < -0.4 is 14.8 Å². The van der Waals surface area contributed by atoms with Crippen LogP contribution in [-0.4, -0.2) is 54.0 Å². The zero-order valence-electron chi connectivity index (χ0n) is 17.0. The van der Waals surface area contributed by atoms with E-state index in [0.29, 0.717) is 23.6 Å². The van der Waals surface area contributed by atoms with Crippen LogP contribution in [0.15, 0.2) is 42.5 Å². The number of carbonyl (C=O) groups excluding carboxylic acids is 2. The molecule has 1 saturated heterocycles. The number of aromatic amines is 1. The largest absolute Gasteiger partial charge is 0.497 e. The number of likely N-dealkylation sites (tertiary alicyclic amines) is 1. The first-order valence-electron chi connectivity index (χ1n) is 9.84. The fourth-order valence-electron chi connectivity index (χ4n) is 3.78. The smallest absolute Gasteiger partial charge is 0.251 e. The Kier molecular flexibility index (Phi) is 5.56. The SMILES string of the molecule is COc1cc(OC)cc(C(=O)NCC(=O)N2CCC[C@H]2c2nc3ccccc3[nH]2)c1. The number of nitrogens with zero attached hydrogens (tertiary/aromatic N) is 2. The molecule has 3 aromatic rings. The highest BCUT2D eigenvalue weighted by Gasteiger charge is 2.32. The van der Waals surface area contributed by atoms with Gasteiger partial charge in [0.15, 0.2) is 0 Å². The molecule has 1 aromatic heterocycles. The van der Waals surface area contributed by atoms with Crippen LogP contribution in [0.3, 0.4) is 0 Å². The lowest BCUT2D eigenvalue weighted by Crippen LogP contribution is -2.40. The van der Waals surface area contributed by atoms with Crippen LogP contribution in [0.1, 0.15) is 35.1 Å². The number of rotatable bonds is 6. The molecule has 2 aromatic carbocycles. The van der Waals surface area contributed by atoms with Gasteiger partial charge in [-0.05, 0) is 37.1 Å². The number of aromatic nitrogens is 2. The number of H-pyrrole nitrogens is 1. The molecule has 0 radical (unpaired) electrons. The van der Waals surface area contributed by atoms with Gasteiger partial charge in [0.2, 0.25) is 5.91 Å². The molecule has 2 heterocycles. The maximum absolute atomic E-state index is 12.8. The van der Waals surface area contributed by atoms with Gasteiger partial charge in [0.05, 0.1) is 37.8 Å². The summed E-state index contributed by atoms with van der Waals surface area (Å²) in [6.07, 6.45) is 1.74. The summed E-state index contributed by atoms with van der Waals surface area (Å²) in [5.74, 6) is 1.30. The van der Waals surface area contributed by atoms with Crippen molar-refractivity contribution in [3.8, 4) is 11.5 Å². The minimum Gasteiger partial charge on any atom is -0.497 e. The standard InChI is InChI=1S/C22H24N4O4/c1-29-15-10-14(11-16(12-15)30-2)22(28)23-13-20(27)26-9-5-8-19(26)21-24-17-6-3-4-7-18(17)25-21/h3-4,6-7,10-12,19H,5,8-9,13H2,1-2H3,(H,23,28)(H,24,25)/t19-/m0/s1. The summed E-state index contributed by atoms with van der Waals surface area (Å²) < 4.78 is 10.4. The quantitative estimate of drug-likeness (QED) is 0.654. The normalized spacial score (nSPS) is 15.9. The Hall–Kier alpha value is -3.55. The predicted molar refractivity (Wildman–Crippen MR) is 112 cm³/mol. The molecule has 0 bridgehead atoms. The first kappa shape index (κ1) is 19.8. The second kappa shape index (κ2) is 8.44. The number of hydrogen-bond donors (Lipinski definition) is 2. The first-order chi connectivity index (χ1) is 14.6. The zero-order chi connectivity index (χ0) is 21.1. The number of ether oxygens (including phenoxy) is 2. The van der Waals surface area contributed by atoms with Gasteiger partial charge in [0.25, 0.3) is 5.91 Å². The second-order valence-corrected chi connectivity index (χ2v) is 7.17. The molecule has 1 aliphatic heterocycles. The third-order valence-electron chi connectivity index (χ3n) is 5.31. The minimum atomic E-state index is -0.361. The van der Waals surface area contributed by atoms with E-state index in [0.717, 1.165) is 29.7 Å². The Labute approximate surface area is 174 Å². The van der Waals surface area contributed by atoms with Crippen molar-refractivity contribution in [2.45, 2.75) is 18.9 Å². The summed E-state index contributed by atoms with van der Waals surface area (Å²) in [7, 11) is 3.04. The van der Waals surface area contributed by atoms with Crippen LogP contribution in [0, 0.1) is 0 Å². The summed E-state index contributed by atoms with van der Waals surface area (Å²) in [4.78, 5) is 35.1. The van der Waals surface area contributed by atoms with Crippen LogP contribution in [0.2, 0.25) is 0 Å². The number of benzene rings is 2. The molecule has 0 saturated carbocycles. The van der Waals surface area contributed by atoms with Crippen molar-refractivity contribution in [2.24, 2.45) is 0 Å². The number of carbonyl (C=O) groups is 2. The van der Waals surface area contributed by atoms with Gasteiger partial charge in [-0.1, -0.05) is 12.1 Å². The van der Waals surface area contributed by atoms with Gasteiger partial charge in [-0.25, -0.2) is 4.98 Å². The highest BCUT2D eigenvalue weighted by atomic mass is 16.5. The summed E-state index contributed by atoms with van der Waals surface area (Å²) in [6.45, 7) is 0.554. The number of imidazole rings is 1. The van der Waals surface area contributed by atoms with Crippen LogP contribution in [0.5, 0.6) is 11.5 Å². The number of methoxy groups -OCH3 is 2. The molecule has 1 atom stereocenters. The summed E-state index contributed by atoms with van der Waals surface area (Å²) in [6, 6.07) is 12.6. The average Bonchev–Trinajstić information content (AvgIpc) is 3.43. The van der Waals surface area contributed by atoms with Crippen LogP contribution in [0.25, 0.3) is 11.0 Å². The average molecular weight is 408 g/mol. The number of hydrogen-bond acceptors (Lipinski definition) is 5. The van der Waals surface area contributed by atoms with E-state index in [-0.39, 0.29) is 24.4 Å². The van der Waals surface area contributed by atoms with Crippen molar-refractivity contribution in [1.82, 2.24) is 20.2 Å². The van der Waals surface area contributed by atoms with Crippen LogP contribution in [-0.2, 0) is 4.79 Å². The molecule has 30 heavy (non-hydrogen) atoms. The van der Waals surface area contributed by atoms with Crippen molar-refractivity contribution < 1.29 is 19.1 Å². The van der Waals surface area contributed by atoms with Gasteiger partial charge in [0, 0.05) is 18.2 Å². The van der Waals surface area contributed by atoms with E-state index >= 15 is 0 Å². The maximum Gasteiger partial charge on any atom is 0.251 e. The van der Waals surface area contributed by atoms with Gasteiger partial charge in [-0.2, -0.15) is 0 Å². The monoisotopic (exact) mass is 408 g/mol. The predicted octanol–water partition coefficient (Wildman–Crippen LogP) is 2.67. The Morgan fingerprint density at radius 2 is 1.90 bits per heavy atom. The van der Waals surface area contributed by atoms with Crippen molar-refractivity contribution in [3.63, 3.8) is 0 Å². The Balaban J connectivity index is 1.43. The van der Waals surface area contributed by atoms with Crippen molar-refractivity contribution in [2.75, 3.05) is 27.3 Å². The highest BCUT2D eigenvalue weighted by molar-refractivity contribution is 5.97. The molecule has 156 valence electrons. The van der Waals surface area contributed by atoms with Crippen LogP contribution >= 0.6 is 0 Å². The van der Waals surface area contributed by atoms with E-state index < -0.39 is 0 Å². The number of fused-ring (bicyclic) bond motifs is 1. The van der Waals surface area contributed by atoms with E-state index in [2.05, 4.69) is 15.3 Å². The molecule has 0 spiro atoms. The van der Waals surface area contributed by atoms with Crippen molar-refractivity contribution in [1.29, 1.82) is 0 Å². The molecule has 4 rings (SSSR count). The molecule has 8 nitrogen and oxygen atoms in total. The zero-order valence-corrected chi connectivity index (χ0v) is 17.0. The first-order valence-corrected chi connectivity index (χ1v) is 9.84. The van der Waals surface area contributed by atoms with E-state index in [1.807, 2.05) is 24.3 Å². The van der Waals surface area contributed by atoms with E-state index in [9.17, 15) is 9.59 Å². The summed E-state index contributed by atoms with van der Waals surface area (Å²) in [5, 5.41) is 2.70. The van der Waals surface area contributed by atoms with Crippen LogP contribution in [0.4, 0.5) is 0 Å².